The van der Waals surface area contributed by atoms with E-state index in [1.807, 2.05) is 36.4 Å². The zero-order valence-electron chi connectivity index (χ0n) is 15.0. The molecule has 1 aromatic heterocycles. The molecule has 28 heavy (non-hydrogen) atoms. The molecule has 0 spiro atoms. The fourth-order valence-electron chi connectivity index (χ4n) is 3.03. The Morgan fingerprint density at radius 2 is 1.75 bits per heavy atom. The Balaban J connectivity index is 1.65. The molecule has 0 saturated carbocycles. The molecule has 138 valence electrons. The summed E-state index contributed by atoms with van der Waals surface area (Å²) in [5, 5.41) is 10.4. The van der Waals surface area contributed by atoms with Gasteiger partial charge >= 0.3 is 0 Å². The van der Waals surface area contributed by atoms with E-state index in [2.05, 4.69) is 15.5 Å². The Morgan fingerprint density at radius 3 is 2.54 bits per heavy atom. The van der Waals surface area contributed by atoms with Gasteiger partial charge in [-0.1, -0.05) is 36.4 Å². The maximum absolute atomic E-state index is 13.8. The maximum Gasteiger partial charge on any atom is 0.259 e. The molecule has 0 bridgehead atoms. The number of nitrogens with one attached hydrogen (secondary N) is 2. The molecule has 3 aromatic carbocycles. The standard InChI is InChI=1S/C22H16FN3O2/c1-13(27)14-5-4-6-15(11-14)16-9-10-18-20(12-16)25-26-21(18)24-22(28)17-7-2-3-8-19(17)23/h2-12H,1H3,(H2,24,25,26,28). The molecule has 1 amide bonds. The lowest BCUT2D eigenvalue weighted by Crippen LogP contribution is -2.14. The highest BCUT2D eigenvalue weighted by molar-refractivity contribution is 6.08. The van der Waals surface area contributed by atoms with Crippen molar-refractivity contribution in [3.8, 4) is 11.1 Å². The summed E-state index contributed by atoms with van der Waals surface area (Å²) in [5.74, 6) is -0.827. The number of hydrogen-bond acceptors (Lipinski definition) is 3. The number of carbonyl (C=O) groups is 2. The van der Waals surface area contributed by atoms with Gasteiger partial charge in [0.15, 0.2) is 11.6 Å². The van der Waals surface area contributed by atoms with E-state index in [-0.39, 0.29) is 11.3 Å². The number of carbonyl (C=O) groups excluding carboxylic acids is 2. The van der Waals surface area contributed by atoms with Crippen LogP contribution in [0.1, 0.15) is 27.6 Å². The first-order valence-corrected chi connectivity index (χ1v) is 8.68. The molecule has 0 fully saturated rings. The molecule has 0 unspecified atom stereocenters. The monoisotopic (exact) mass is 373 g/mol. The zero-order chi connectivity index (χ0) is 19.7. The predicted molar refractivity (Wildman–Crippen MR) is 106 cm³/mol. The van der Waals surface area contributed by atoms with Gasteiger partial charge in [0.2, 0.25) is 0 Å². The SMILES string of the molecule is CC(=O)c1cccc(-c2ccc3c(NC(=O)c4ccccc4F)n[nH]c3c2)c1. The van der Waals surface area contributed by atoms with Gasteiger partial charge in [0, 0.05) is 10.9 Å². The van der Waals surface area contributed by atoms with Crippen LogP contribution in [0.3, 0.4) is 0 Å². The van der Waals surface area contributed by atoms with Crippen LogP contribution in [0, 0.1) is 5.82 Å². The van der Waals surface area contributed by atoms with Gasteiger partial charge in [-0.2, -0.15) is 5.10 Å². The molecule has 1 heterocycles. The normalized spacial score (nSPS) is 10.8. The minimum Gasteiger partial charge on any atom is -0.304 e. The second kappa shape index (κ2) is 7.08. The smallest absolute Gasteiger partial charge is 0.259 e. The Bertz CT molecular complexity index is 1210. The third kappa shape index (κ3) is 3.27. The van der Waals surface area contributed by atoms with Crippen molar-refractivity contribution in [2.75, 3.05) is 5.32 Å². The maximum atomic E-state index is 13.8. The molecule has 5 nitrogen and oxygen atoms in total. The lowest BCUT2D eigenvalue weighted by Gasteiger charge is -2.05. The third-order valence-electron chi connectivity index (χ3n) is 4.52. The van der Waals surface area contributed by atoms with Crippen LogP contribution >= 0.6 is 0 Å². The number of H-pyrrole nitrogens is 1. The number of anilines is 1. The van der Waals surface area contributed by atoms with Crippen LogP contribution in [0.4, 0.5) is 10.2 Å². The number of hydrogen-bond donors (Lipinski definition) is 2. The summed E-state index contributed by atoms with van der Waals surface area (Å²) in [7, 11) is 0. The van der Waals surface area contributed by atoms with E-state index in [1.165, 1.54) is 25.1 Å². The van der Waals surface area contributed by atoms with Gasteiger partial charge in [0.1, 0.15) is 5.82 Å². The zero-order valence-corrected chi connectivity index (χ0v) is 15.0. The topological polar surface area (TPSA) is 74.8 Å². The Labute approximate surface area is 160 Å². The Hall–Kier alpha value is -3.80. The predicted octanol–water partition coefficient (Wildman–Crippen LogP) is 4.82. The highest BCUT2D eigenvalue weighted by Crippen LogP contribution is 2.28. The van der Waals surface area contributed by atoms with Crippen LogP contribution < -0.4 is 5.32 Å². The fraction of sp³-hybridized carbons (Fsp3) is 0.0455. The van der Waals surface area contributed by atoms with Gasteiger partial charge in [-0.05, 0) is 48.4 Å². The van der Waals surface area contributed by atoms with E-state index >= 15 is 0 Å². The molecule has 2 N–H and O–H groups in total. The quantitative estimate of drug-likeness (QED) is 0.504. The largest absolute Gasteiger partial charge is 0.304 e. The molecule has 4 rings (SSSR count). The molecule has 0 radical (unpaired) electrons. The summed E-state index contributed by atoms with van der Waals surface area (Å²) >= 11 is 0. The van der Waals surface area contributed by atoms with Gasteiger partial charge in [-0.3, -0.25) is 14.7 Å². The summed E-state index contributed by atoms with van der Waals surface area (Å²) in [5.41, 5.74) is 3.12. The lowest BCUT2D eigenvalue weighted by molar-refractivity contribution is 0.101. The molecule has 0 saturated heterocycles. The number of amides is 1. The van der Waals surface area contributed by atoms with E-state index in [0.29, 0.717) is 16.8 Å². The van der Waals surface area contributed by atoms with Gasteiger partial charge in [-0.25, -0.2) is 4.39 Å². The van der Waals surface area contributed by atoms with Gasteiger partial charge in [-0.15, -0.1) is 0 Å². The lowest BCUT2D eigenvalue weighted by atomic mass is 10.0. The van der Waals surface area contributed by atoms with Crippen molar-refractivity contribution in [3.63, 3.8) is 0 Å². The number of nitrogens with zero attached hydrogens (tertiary/aromatic N) is 1. The number of Topliss-reactive ketones (excluding diaryl/α,β-unsaturated/α-hetero) is 1. The minimum absolute atomic E-state index is 0.00242. The number of aromatic amines is 1. The minimum atomic E-state index is -0.590. The average molecular weight is 373 g/mol. The second-order valence-electron chi connectivity index (χ2n) is 6.40. The molecule has 0 aliphatic rings. The number of benzene rings is 3. The highest BCUT2D eigenvalue weighted by Gasteiger charge is 2.15. The summed E-state index contributed by atoms with van der Waals surface area (Å²) in [4.78, 5) is 23.9. The van der Waals surface area contributed by atoms with E-state index in [0.717, 1.165) is 16.6 Å². The molecular weight excluding hydrogens is 357 g/mol. The molecule has 0 atom stereocenters. The van der Waals surface area contributed by atoms with Crippen molar-refractivity contribution in [3.05, 3.63) is 83.7 Å². The molecule has 0 aliphatic heterocycles. The first kappa shape index (κ1) is 17.6. The first-order chi connectivity index (χ1) is 13.5. The number of ketones is 1. The van der Waals surface area contributed by atoms with Crippen molar-refractivity contribution in [2.45, 2.75) is 6.92 Å². The third-order valence-corrected chi connectivity index (χ3v) is 4.52. The van der Waals surface area contributed by atoms with Crippen molar-refractivity contribution >= 4 is 28.4 Å². The van der Waals surface area contributed by atoms with Gasteiger partial charge < -0.3 is 5.32 Å². The van der Waals surface area contributed by atoms with Crippen LogP contribution in [-0.2, 0) is 0 Å². The van der Waals surface area contributed by atoms with E-state index in [9.17, 15) is 14.0 Å². The Morgan fingerprint density at radius 1 is 0.964 bits per heavy atom. The van der Waals surface area contributed by atoms with Crippen LogP contribution in [0.2, 0.25) is 0 Å². The summed E-state index contributed by atoms with van der Waals surface area (Å²) in [6.07, 6.45) is 0. The number of aromatic nitrogens is 2. The second-order valence-corrected chi connectivity index (χ2v) is 6.40. The van der Waals surface area contributed by atoms with Crippen molar-refractivity contribution in [1.29, 1.82) is 0 Å². The fourth-order valence-corrected chi connectivity index (χ4v) is 3.03. The van der Waals surface area contributed by atoms with E-state index in [1.54, 1.807) is 12.1 Å². The van der Waals surface area contributed by atoms with Crippen molar-refractivity contribution < 1.29 is 14.0 Å². The number of fused-ring (bicyclic) bond motifs is 1. The number of halogens is 1. The van der Waals surface area contributed by atoms with E-state index in [4.69, 9.17) is 0 Å². The summed E-state index contributed by atoms with van der Waals surface area (Å²) < 4.78 is 13.8. The van der Waals surface area contributed by atoms with Crippen LogP contribution in [-0.4, -0.2) is 21.9 Å². The Kier molecular flexibility index (Phi) is 4.45. The van der Waals surface area contributed by atoms with Crippen molar-refractivity contribution in [1.82, 2.24) is 10.2 Å². The highest BCUT2D eigenvalue weighted by atomic mass is 19.1. The van der Waals surface area contributed by atoms with Gasteiger partial charge in [0.05, 0.1) is 11.1 Å². The summed E-state index contributed by atoms with van der Waals surface area (Å²) in [6.45, 7) is 1.53. The van der Waals surface area contributed by atoms with Crippen LogP contribution in [0.15, 0.2) is 66.7 Å². The number of rotatable bonds is 4. The first-order valence-electron chi connectivity index (χ1n) is 8.68. The molecule has 4 aromatic rings. The van der Waals surface area contributed by atoms with E-state index < -0.39 is 11.7 Å². The molecule has 6 heteroatoms. The average Bonchev–Trinajstić information content (AvgIpc) is 3.10. The summed E-state index contributed by atoms with van der Waals surface area (Å²) in [6, 6.07) is 18.7. The van der Waals surface area contributed by atoms with Crippen LogP contribution in [0.25, 0.3) is 22.0 Å². The molecule has 0 aliphatic carbocycles. The van der Waals surface area contributed by atoms with Crippen molar-refractivity contribution in [2.24, 2.45) is 0 Å². The molecular formula is C22H16FN3O2. The van der Waals surface area contributed by atoms with Crippen LogP contribution in [0.5, 0.6) is 0 Å². The van der Waals surface area contributed by atoms with Gasteiger partial charge in [0.25, 0.3) is 5.91 Å².